The first kappa shape index (κ1) is 20.5. The van der Waals surface area contributed by atoms with E-state index in [0.29, 0.717) is 11.8 Å². The summed E-state index contributed by atoms with van der Waals surface area (Å²) >= 11 is 0. The fourth-order valence-corrected chi connectivity index (χ4v) is 4.81. The minimum absolute atomic E-state index is 0.385. The maximum Gasteiger partial charge on any atom is 0.254 e. The number of nitrogens with zero attached hydrogens (tertiary/aromatic N) is 6. The molecule has 6 heteroatoms. The molecule has 5 rings (SSSR count). The van der Waals surface area contributed by atoms with Crippen molar-refractivity contribution >= 4 is 17.3 Å². The average molecular weight is 427 g/mol. The van der Waals surface area contributed by atoms with Crippen molar-refractivity contribution in [1.82, 2.24) is 19.6 Å². The summed E-state index contributed by atoms with van der Waals surface area (Å²) < 4.78 is 1.96. The highest BCUT2D eigenvalue weighted by molar-refractivity contribution is 5.62. The molecule has 0 bridgehead atoms. The highest BCUT2D eigenvalue weighted by Crippen LogP contribution is 2.30. The van der Waals surface area contributed by atoms with Crippen molar-refractivity contribution in [3.63, 3.8) is 0 Å². The van der Waals surface area contributed by atoms with Gasteiger partial charge in [-0.15, -0.1) is 5.10 Å². The van der Waals surface area contributed by atoms with E-state index in [9.17, 15) is 0 Å². The zero-order valence-corrected chi connectivity index (χ0v) is 19.3. The smallest absolute Gasteiger partial charge is 0.254 e. The minimum Gasteiger partial charge on any atom is -0.365 e. The van der Waals surface area contributed by atoms with Crippen LogP contribution >= 0.6 is 0 Å². The molecule has 1 fully saturated rings. The highest BCUT2D eigenvalue weighted by Gasteiger charge is 2.28. The Balaban J connectivity index is 1.54. The van der Waals surface area contributed by atoms with Crippen LogP contribution in [-0.2, 0) is 6.42 Å². The summed E-state index contributed by atoms with van der Waals surface area (Å²) in [5, 5.41) is 4.91. The molecule has 6 nitrogen and oxygen atoms in total. The normalized spacial score (nSPS) is 16.7. The largest absolute Gasteiger partial charge is 0.365 e. The summed E-state index contributed by atoms with van der Waals surface area (Å²) in [5.41, 5.74) is 5.90. The Morgan fingerprint density at radius 1 is 0.969 bits per heavy atom. The molecule has 1 aliphatic rings. The quantitative estimate of drug-likeness (QED) is 0.474. The topological polar surface area (TPSA) is 49.6 Å². The number of hydrogen-bond acceptors (Lipinski definition) is 5. The van der Waals surface area contributed by atoms with Crippen molar-refractivity contribution < 1.29 is 0 Å². The molecule has 0 radical (unpaired) electrons. The number of fused-ring (bicyclic) bond motifs is 1. The van der Waals surface area contributed by atoms with Gasteiger partial charge in [0.25, 0.3) is 5.78 Å². The van der Waals surface area contributed by atoms with Gasteiger partial charge in [-0.25, -0.2) is 4.98 Å². The van der Waals surface area contributed by atoms with Crippen LogP contribution in [0.5, 0.6) is 0 Å². The Morgan fingerprint density at radius 3 is 2.50 bits per heavy atom. The van der Waals surface area contributed by atoms with Crippen LogP contribution in [0, 0.1) is 13.8 Å². The molecule has 1 unspecified atom stereocenters. The third-order valence-corrected chi connectivity index (χ3v) is 6.41. The fourth-order valence-electron chi connectivity index (χ4n) is 4.81. The Kier molecular flexibility index (Phi) is 5.29. The van der Waals surface area contributed by atoms with Gasteiger partial charge >= 0.3 is 0 Å². The van der Waals surface area contributed by atoms with Crippen molar-refractivity contribution in [1.29, 1.82) is 0 Å². The maximum atomic E-state index is 4.91. The first-order valence-corrected chi connectivity index (χ1v) is 11.4. The lowest BCUT2D eigenvalue weighted by molar-refractivity contribution is 0.541. The number of rotatable bonds is 4. The molecule has 0 saturated carbocycles. The molecule has 3 heterocycles. The number of piperazine rings is 1. The van der Waals surface area contributed by atoms with E-state index >= 15 is 0 Å². The molecule has 0 amide bonds. The van der Waals surface area contributed by atoms with E-state index in [2.05, 4.69) is 61.8 Å². The van der Waals surface area contributed by atoms with Gasteiger partial charge in [-0.3, -0.25) is 0 Å². The summed E-state index contributed by atoms with van der Waals surface area (Å²) in [5.74, 6) is 2.53. The summed E-state index contributed by atoms with van der Waals surface area (Å²) in [4.78, 5) is 14.5. The first-order chi connectivity index (χ1) is 15.5. The van der Waals surface area contributed by atoms with E-state index in [1.54, 1.807) is 0 Å². The van der Waals surface area contributed by atoms with Gasteiger partial charge in [0.05, 0.1) is 0 Å². The van der Waals surface area contributed by atoms with Crippen LogP contribution < -0.4 is 9.80 Å². The van der Waals surface area contributed by atoms with Crippen LogP contribution in [0.15, 0.2) is 54.6 Å². The zero-order chi connectivity index (χ0) is 22.2. The van der Waals surface area contributed by atoms with Crippen molar-refractivity contribution in [2.45, 2.75) is 40.2 Å². The molecule has 1 aliphatic heterocycles. The lowest BCUT2D eigenvalue weighted by atomic mass is 10.1. The summed E-state index contributed by atoms with van der Waals surface area (Å²) in [6, 6.07) is 19.3. The number of aryl methyl sites for hydroxylation is 2. The average Bonchev–Trinajstić information content (AvgIpc) is 3.22. The monoisotopic (exact) mass is 426 g/mol. The SMILES string of the molecule is CCc1c(C)nc2nc(-c3ccccc3)nn2c1N1CCN(c2cccc(C)c2)C(C)C1. The van der Waals surface area contributed by atoms with Crippen LogP contribution in [0.3, 0.4) is 0 Å². The third kappa shape index (κ3) is 3.60. The van der Waals surface area contributed by atoms with E-state index in [-0.39, 0.29) is 0 Å². The molecule has 1 atom stereocenters. The molecular formula is C26H30N6. The second kappa shape index (κ2) is 8.26. The molecule has 2 aromatic heterocycles. The van der Waals surface area contributed by atoms with Crippen molar-refractivity contribution in [3.05, 3.63) is 71.4 Å². The van der Waals surface area contributed by atoms with E-state index in [1.165, 1.54) is 16.8 Å². The minimum atomic E-state index is 0.385. The second-order valence-corrected chi connectivity index (χ2v) is 8.69. The lowest BCUT2D eigenvalue weighted by Crippen LogP contribution is -2.53. The van der Waals surface area contributed by atoms with Crippen LogP contribution in [-0.4, -0.2) is 45.3 Å². The van der Waals surface area contributed by atoms with Crippen LogP contribution in [0.25, 0.3) is 17.2 Å². The Morgan fingerprint density at radius 2 is 1.78 bits per heavy atom. The second-order valence-electron chi connectivity index (χ2n) is 8.69. The van der Waals surface area contributed by atoms with Gasteiger partial charge in [-0.05, 0) is 44.9 Å². The maximum absolute atomic E-state index is 4.91. The van der Waals surface area contributed by atoms with E-state index in [1.807, 2.05) is 34.8 Å². The third-order valence-electron chi connectivity index (χ3n) is 6.41. The van der Waals surface area contributed by atoms with Crippen LogP contribution in [0.2, 0.25) is 0 Å². The predicted octanol–water partition coefficient (Wildman–Crippen LogP) is 4.69. The Hall–Kier alpha value is -3.41. The van der Waals surface area contributed by atoms with E-state index in [4.69, 9.17) is 15.1 Å². The molecular weight excluding hydrogens is 396 g/mol. The number of aromatic nitrogens is 4. The molecule has 4 aromatic rings. The molecule has 2 aromatic carbocycles. The zero-order valence-electron chi connectivity index (χ0n) is 19.3. The van der Waals surface area contributed by atoms with Crippen LogP contribution in [0.4, 0.5) is 11.5 Å². The molecule has 0 spiro atoms. The number of anilines is 2. The highest BCUT2D eigenvalue weighted by atomic mass is 15.4. The van der Waals surface area contributed by atoms with Gasteiger partial charge in [0.1, 0.15) is 5.82 Å². The Labute approximate surface area is 189 Å². The standard InChI is InChI=1S/C26H30N6/c1-5-23-20(4)27-26-28-24(21-11-7-6-8-12-21)29-32(26)25(23)30-14-15-31(19(3)17-30)22-13-9-10-18(2)16-22/h6-13,16,19H,5,14-15,17H2,1-4H3. The predicted molar refractivity (Wildman–Crippen MR) is 131 cm³/mol. The first-order valence-electron chi connectivity index (χ1n) is 11.4. The summed E-state index contributed by atoms with van der Waals surface area (Å²) in [7, 11) is 0. The number of benzene rings is 2. The molecule has 164 valence electrons. The van der Waals surface area contributed by atoms with Crippen molar-refractivity contribution in [2.75, 3.05) is 29.4 Å². The van der Waals surface area contributed by atoms with E-state index < -0.39 is 0 Å². The van der Waals surface area contributed by atoms with Crippen LogP contribution in [0.1, 0.15) is 30.7 Å². The van der Waals surface area contributed by atoms with Crippen molar-refractivity contribution in [3.8, 4) is 11.4 Å². The summed E-state index contributed by atoms with van der Waals surface area (Å²) in [6.45, 7) is 11.6. The van der Waals surface area contributed by atoms with Gasteiger partial charge < -0.3 is 9.80 Å². The Bertz CT molecular complexity index is 1250. The van der Waals surface area contributed by atoms with Crippen molar-refractivity contribution in [2.24, 2.45) is 0 Å². The fraction of sp³-hybridized carbons (Fsp3) is 0.346. The molecule has 32 heavy (non-hydrogen) atoms. The van der Waals surface area contributed by atoms with Gasteiger partial charge in [0.15, 0.2) is 5.82 Å². The van der Waals surface area contributed by atoms with Gasteiger partial charge in [-0.2, -0.15) is 9.50 Å². The van der Waals surface area contributed by atoms with Gasteiger partial charge in [-0.1, -0.05) is 49.4 Å². The van der Waals surface area contributed by atoms with Gasteiger partial charge in [0.2, 0.25) is 0 Å². The molecule has 0 N–H and O–H groups in total. The lowest BCUT2D eigenvalue weighted by Gasteiger charge is -2.42. The molecule has 0 aliphatic carbocycles. The molecule has 1 saturated heterocycles. The number of hydrogen-bond donors (Lipinski definition) is 0. The van der Waals surface area contributed by atoms with Gasteiger partial charge in [0, 0.05) is 48.2 Å². The van der Waals surface area contributed by atoms with E-state index in [0.717, 1.165) is 49.0 Å². The summed E-state index contributed by atoms with van der Waals surface area (Å²) in [6.07, 6.45) is 0.914.